The van der Waals surface area contributed by atoms with Crippen LogP contribution < -0.4 is 10.8 Å². The summed E-state index contributed by atoms with van der Waals surface area (Å²) >= 11 is 0. The van der Waals surface area contributed by atoms with Crippen molar-refractivity contribution in [3.8, 4) is 0 Å². The number of amides is 1. The largest absolute Gasteiger partial charge is 0.381 e. The van der Waals surface area contributed by atoms with E-state index >= 15 is 0 Å². The Balaban J connectivity index is 1.53. The highest BCUT2D eigenvalue weighted by molar-refractivity contribution is 6.03. The van der Waals surface area contributed by atoms with Gasteiger partial charge in [-0.3, -0.25) is 10.0 Å². The molecule has 0 bridgehead atoms. The van der Waals surface area contributed by atoms with Crippen molar-refractivity contribution in [2.75, 3.05) is 11.9 Å². The highest BCUT2D eigenvalue weighted by Gasteiger charge is 2.04. The zero-order valence-corrected chi connectivity index (χ0v) is 16.1. The maximum Gasteiger partial charge on any atom is 0.274 e. The van der Waals surface area contributed by atoms with Crippen LogP contribution in [-0.2, 0) is 0 Å². The van der Waals surface area contributed by atoms with Gasteiger partial charge in [0.05, 0.1) is 0 Å². The van der Waals surface area contributed by atoms with Crippen molar-refractivity contribution in [3.63, 3.8) is 0 Å². The molecule has 0 saturated heterocycles. The molecule has 0 atom stereocenters. The number of fused-ring (bicyclic) bond motifs is 2. The summed E-state index contributed by atoms with van der Waals surface area (Å²) in [5.41, 5.74) is 5.34. The van der Waals surface area contributed by atoms with Gasteiger partial charge in [-0.25, -0.2) is 5.48 Å². The van der Waals surface area contributed by atoms with Crippen molar-refractivity contribution in [3.05, 3.63) is 95.6 Å². The molecule has 0 aliphatic heterocycles. The lowest BCUT2D eigenvalue weighted by molar-refractivity contribution is 0.0706. The Labute approximate surface area is 169 Å². The van der Waals surface area contributed by atoms with Crippen molar-refractivity contribution in [1.82, 2.24) is 5.48 Å². The Morgan fingerprint density at radius 1 is 0.897 bits per heavy atom. The van der Waals surface area contributed by atoms with Gasteiger partial charge in [0.25, 0.3) is 5.91 Å². The number of carbonyl (C=O) groups is 1. The summed E-state index contributed by atoms with van der Waals surface area (Å²) < 4.78 is 0. The fourth-order valence-electron chi connectivity index (χ4n) is 3.49. The number of benzene rings is 4. The van der Waals surface area contributed by atoms with Gasteiger partial charge in [-0.15, -0.1) is 0 Å². The molecule has 29 heavy (non-hydrogen) atoms. The van der Waals surface area contributed by atoms with E-state index in [0.29, 0.717) is 12.1 Å². The Morgan fingerprint density at radius 3 is 2.31 bits per heavy atom. The second-order valence-corrected chi connectivity index (χ2v) is 7.13. The van der Waals surface area contributed by atoms with E-state index < -0.39 is 5.91 Å². The second kappa shape index (κ2) is 8.17. The van der Waals surface area contributed by atoms with Crippen LogP contribution in [0.15, 0.2) is 84.4 Å². The molecule has 0 heterocycles. The van der Waals surface area contributed by atoms with Gasteiger partial charge in [-0.1, -0.05) is 60.2 Å². The smallest absolute Gasteiger partial charge is 0.274 e. The Kier molecular flexibility index (Phi) is 5.27. The Morgan fingerprint density at radius 2 is 1.59 bits per heavy atom. The van der Waals surface area contributed by atoms with Crippen LogP contribution in [0.4, 0.5) is 5.69 Å². The van der Waals surface area contributed by atoms with E-state index in [9.17, 15) is 4.79 Å². The molecule has 4 nitrogen and oxygen atoms in total. The highest BCUT2D eigenvalue weighted by atomic mass is 16.5. The zero-order chi connectivity index (χ0) is 20.2. The SMILES string of the molecule is CC(=Cc1ccc(C(=O)NO)cc1)CNc1cccc2cc3ccccc3cc12. The van der Waals surface area contributed by atoms with Gasteiger partial charge in [0, 0.05) is 23.2 Å². The lowest BCUT2D eigenvalue weighted by atomic mass is 10.0. The third kappa shape index (κ3) is 4.13. The molecule has 0 fully saturated rings. The number of hydroxylamine groups is 1. The Bertz CT molecular complexity index is 1210. The van der Waals surface area contributed by atoms with Crippen LogP contribution in [0.5, 0.6) is 0 Å². The summed E-state index contributed by atoms with van der Waals surface area (Å²) in [6, 6.07) is 26.3. The molecule has 0 unspecified atom stereocenters. The Hall–Kier alpha value is -3.63. The van der Waals surface area contributed by atoms with Gasteiger partial charge in [0.15, 0.2) is 0 Å². The first-order valence-corrected chi connectivity index (χ1v) is 9.51. The zero-order valence-electron chi connectivity index (χ0n) is 16.1. The summed E-state index contributed by atoms with van der Waals surface area (Å²) in [5.74, 6) is -0.512. The molecule has 0 spiro atoms. The topological polar surface area (TPSA) is 61.4 Å². The van der Waals surface area contributed by atoms with Gasteiger partial charge in [-0.2, -0.15) is 0 Å². The minimum atomic E-state index is -0.512. The minimum absolute atomic E-state index is 0.420. The third-order valence-corrected chi connectivity index (χ3v) is 4.99. The number of nitrogens with one attached hydrogen (secondary N) is 2. The number of rotatable bonds is 5. The fraction of sp³-hybridized carbons (Fsp3) is 0.0800. The highest BCUT2D eigenvalue weighted by Crippen LogP contribution is 2.28. The van der Waals surface area contributed by atoms with Crippen molar-refractivity contribution < 1.29 is 10.0 Å². The van der Waals surface area contributed by atoms with E-state index in [4.69, 9.17) is 5.21 Å². The van der Waals surface area contributed by atoms with Crippen molar-refractivity contribution in [2.45, 2.75) is 6.92 Å². The molecule has 144 valence electrons. The monoisotopic (exact) mass is 382 g/mol. The molecular formula is C25H22N2O2. The molecule has 4 heteroatoms. The first kappa shape index (κ1) is 18.7. The predicted molar refractivity (Wildman–Crippen MR) is 119 cm³/mol. The van der Waals surface area contributed by atoms with Gasteiger partial charge < -0.3 is 5.32 Å². The molecule has 0 saturated carbocycles. The van der Waals surface area contributed by atoms with Gasteiger partial charge >= 0.3 is 0 Å². The van der Waals surface area contributed by atoms with E-state index in [1.807, 2.05) is 12.1 Å². The number of anilines is 1. The normalized spacial score (nSPS) is 11.6. The summed E-state index contributed by atoms with van der Waals surface area (Å²) in [4.78, 5) is 11.4. The fourth-order valence-corrected chi connectivity index (χ4v) is 3.49. The number of hydrogen-bond donors (Lipinski definition) is 3. The molecule has 0 aliphatic rings. The van der Waals surface area contributed by atoms with Crippen LogP contribution in [0, 0.1) is 0 Å². The van der Waals surface area contributed by atoms with E-state index in [-0.39, 0.29) is 0 Å². The standard InChI is InChI=1S/C25H22N2O2/c1-17(13-18-9-11-19(12-10-18)25(28)27-29)16-26-24-8-4-7-22-14-20-5-2-3-6-21(20)15-23(22)24/h2-15,26,29H,16H2,1H3,(H,27,28). The second-order valence-electron chi connectivity index (χ2n) is 7.13. The molecule has 0 aliphatic carbocycles. The van der Waals surface area contributed by atoms with E-state index in [1.54, 1.807) is 17.6 Å². The quantitative estimate of drug-likeness (QED) is 0.238. The molecule has 0 radical (unpaired) electrons. The summed E-state index contributed by atoms with van der Waals surface area (Å²) in [5, 5.41) is 17.1. The summed E-state index contributed by atoms with van der Waals surface area (Å²) in [7, 11) is 0. The predicted octanol–water partition coefficient (Wildman–Crippen LogP) is 5.63. The van der Waals surface area contributed by atoms with Crippen molar-refractivity contribution in [1.29, 1.82) is 0 Å². The molecular weight excluding hydrogens is 360 g/mol. The van der Waals surface area contributed by atoms with Crippen LogP contribution in [0.1, 0.15) is 22.8 Å². The first-order valence-electron chi connectivity index (χ1n) is 9.51. The van der Waals surface area contributed by atoms with Crippen LogP contribution in [-0.4, -0.2) is 17.7 Å². The van der Waals surface area contributed by atoms with Crippen LogP contribution in [0.25, 0.3) is 27.6 Å². The maximum absolute atomic E-state index is 11.4. The van der Waals surface area contributed by atoms with Gasteiger partial charge in [0.2, 0.25) is 0 Å². The maximum atomic E-state index is 11.4. The van der Waals surface area contributed by atoms with Crippen molar-refractivity contribution in [2.24, 2.45) is 0 Å². The number of carbonyl (C=O) groups excluding carboxylic acids is 1. The van der Waals surface area contributed by atoms with Crippen LogP contribution >= 0.6 is 0 Å². The van der Waals surface area contributed by atoms with E-state index in [0.717, 1.165) is 11.3 Å². The van der Waals surface area contributed by atoms with Crippen LogP contribution in [0.3, 0.4) is 0 Å². The molecule has 3 N–H and O–H groups in total. The summed E-state index contributed by atoms with van der Waals surface area (Å²) in [6.45, 7) is 2.78. The van der Waals surface area contributed by atoms with Gasteiger partial charge in [-0.05, 0) is 59.0 Å². The van der Waals surface area contributed by atoms with E-state index in [1.165, 1.54) is 27.1 Å². The number of hydrogen-bond acceptors (Lipinski definition) is 3. The van der Waals surface area contributed by atoms with Crippen molar-refractivity contribution >= 4 is 39.2 Å². The average molecular weight is 382 g/mol. The molecule has 1 amide bonds. The minimum Gasteiger partial charge on any atom is -0.381 e. The lowest BCUT2D eigenvalue weighted by Gasteiger charge is -2.11. The van der Waals surface area contributed by atoms with E-state index in [2.05, 4.69) is 72.9 Å². The first-order chi connectivity index (χ1) is 14.1. The molecule has 4 rings (SSSR count). The lowest BCUT2D eigenvalue weighted by Crippen LogP contribution is -2.18. The third-order valence-electron chi connectivity index (χ3n) is 4.99. The average Bonchev–Trinajstić information content (AvgIpc) is 2.76. The molecule has 4 aromatic carbocycles. The molecule has 4 aromatic rings. The van der Waals surface area contributed by atoms with Gasteiger partial charge in [0.1, 0.15) is 0 Å². The van der Waals surface area contributed by atoms with Crippen LogP contribution in [0.2, 0.25) is 0 Å². The molecule has 0 aromatic heterocycles. The summed E-state index contributed by atoms with van der Waals surface area (Å²) in [6.07, 6.45) is 2.08.